The summed E-state index contributed by atoms with van der Waals surface area (Å²) in [5, 5.41) is 12.5. The second kappa shape index (κ2) is 10.4. The zero-order chi connectivity index (χ0) is 30.0. The molecule has 4 aliphatic rings. The maximum Gasteiger partial charge on any atom is 0.375 e. The summed E-state index contributed by atoms with van der Waals surface area (Å²) in [4.78, 5) is 49.3. The van der Waals surface area contributed by atoms with Crippen LogP contribution in [0.2, 0.25) is 0 Å². The van der Waals surface area contributed by atoms with Crippen molar-refractivity contribution in [3.8, 4) is 0 Å². The van der Waals surface area contributed by atoms with E-state index in [4.69, 9.17) is 9.15 Å². The molecule has 7 atom stereocenters. The SMILES string of the molecule is C[C@]12CCC(=O)C=C1CC[C@@H]1[C@@H]2[C@@H](O)C[C@@]2(C)[C@H]1CC[C@]2(OC(=O)c1ccco1)C(=O)CSc1cnc2ccccc2n1. The summed E-state index contributed by atoms with van der Waals surface area (Å²) in [6.45, 7) is 4.25. The summed E-state index contributed by atoms with van der Waals surface area (Å²) in [7, 11) is 0. The third kappa shape index (κ3) is 4.41. The molecule has 1 N–H and O–H groups in total. The van der Waals surface area contributed by atoms with Crippen LogP contribution >= 0.6 is 11.8 Å². The van der Waals surface area contributed by atoms with Gasteiger partial charge in [0.15, 0.2) is 17.2 Å². The molecule has 224 valence electrons. The first-order valence-electron chi connectivity index (χ1n) is 15.2. The van der Waals surface area contributed by atoms with Gasteiger partial charge in [0.1, 0.15) is 5.03 Å². The molecule has 2 heterocycles. The molecule has 0 amide bonds. The van der Waals surface area contributed by atoms with E-state index in [1.807, 2.05) is 37.3 Å². The normalized spacial score (nSPS) is 35.0. The van der Waals surface area contributed by atoms with Gasteiger partial charge < -0.3 is 14.3 Å². The molecule has 3 saturated carbocycles. The van der Waals surface area contributed by atoms with E-state index in [9.17, 15) is 19.5 Å². The molecule has 0 unspecified atom stereocenters. The highest BCUT2D eigenvalue weighted by Crippen LogP contribution is 2.68. The molecule has 43 heavy (non-hydrogen) atoms. The van der Waals surface area contributed by atoms with Crippen LogP contribution in [0.25, 0.3) is 11.0 Å². The maximum absolute atomic E-state index is 14.5. The maximum atomic E-state index is 14.5. The molecule has 1 aromatic carbocycles. The standard InChI is InChI=1S/C34H36N2O6S/c1-32-13-11-21(37)16-20(32)9-10-22-23-12-14-34(33(23,2)17-26(38)30(22)32,42-31(40)27-8-5-15-41-27)28(39)19-43-29-18-35-24-6-3-4-7-25(24)36-29/h3-8,15-16,18,22-23,26,30,38H,9-14,17,19H2,1-2H3/t22-,23-,26-,30+,32-,33-,34-/m0/s1. The third-order valence-corrected chi connectivity index (χ3v) is 12.1. The molecular formula is C34H36N2O6S. The predicted octanol–water partition coefficient (Wildman–Crippen LogP) is 5.98. The van der Waals surface area contributed by atoms with Gasteiger partial charge in [0, 0.05) is 11.8 Å². The van der Waals surface area contributed by atoms with Crippen molar-refractivity contribution in [3.63, 3.8) is 0 Å². The van der Waals surface area contributed by atoms with E-state index in [2.05, 4.69) is 16.9 Å². The minimum atomic E-state index is -1.43. The van der Waals surface area contributed by atoms with Crippen molar-refractivity contribution in [2.24, 2.45) is 28.6 Å². The quantitative estimate of drug-likeness (QED) is 0.269. The van der Waals surface area contributed by atoms with Crippen LogP contribution in [0, 0.1) is 28.6 Å². The Morgan fingerprint density at radius 2 is 1.91 bits per heavy atom. The van der Waals surface area contributed by atoms with Gasteiger partial charge in [0.2, 0.25) is 5.76 Å². The van der Waals surface area contributed by atoms with Crippen molar-refractivity contribution in [1.29, 1.82) is 0 Å². The van der Waals surface area contributed by atoms with Gasteiger partial charge in [-0.3, -0.25) is 14.6 Å². The minimum Gasteiger partial charge on any atom is -0.457 e. The number of aliphatic hydroxyl groups excluding tert-OH is 1. The number of Topliss-reactive ketones (excluding diaryl/α,β-unsaturated/α-hetero) is 1. The number of carbonyl (C=O) groups is 3. The highest BCUT2D eigenvalue weighted by molar-refractivity contribution is 7.99. The molecule has 7 rings (SSSR count). The first-order chi connectivity index (χ1) is 20.6. The van der Waals surface area contributed by atoms with Crippen LogP contribution in [0.15, 0.2) is 70.0 Å². The Kier molecular flexibility index (Phi) is 6.89. The fourth-order valence-corrected chi connectivity index (χ4v) is 10.0. The Hall–Kier alpha value is -3.30. The van der Waals surface area contributed by atoms with Gasteiger partial charge in [-0.05, 0) is 92.0 Å². The molecule has 0 aliphatic heterocycles. The number of aromatic nitrogens is 2. The molecule has 0 saturated heterocycles. The van der Waals surface area contributed by atoms with E-state index >= 15 is 0 Å². The summed E-state index contributed by atoms with van der Waals surface area (Å²) < 4.78 is 11.7. The van der Waals surface area contributed by atoms with Crippen molar-refractivity contribution in [2.75, 3.05) is 5.75 Å². The monoisotopic (exact) mass is 600 g/mol. The zero-order valence-corrected chi connectivity index (χ0v) is 25.3. The Morgan fingerprint density at radius 3 is 2.70 bits per heavy atom. The highest BCUT2D eigenvalue weighted by atomic mass is 32.2. The van der Waals surface area contributed by atoms with Crippen LogP contribution < -0.4 is 0 Å². The highest BCUT2D eigenvalue weighted by Gasteiger charge is 2.70. The Balaban J connectivity index is 1.22. The number of nitrogens with zero attached hydrogens (tertiary/aromatic N) is 2. The number of carbonyl (C=O) groups excluding carboxylic acids is 3. The molecule has 4 aliphatic carbocycles. The molecule has 3 aromatic rings. The van der Waals surface area contributed by atoms with Gasteiger partial charge >= 0.3 is 5.97 Å². The number of ether oxygens (including phenoxy) is 1. The fraction of sp³-hybridized carbons (Fsp3) is 0.500. The molecule has 3 fully saturated rings. The summed E-state index contributed by atoms with van der Waals surface area (Å²) in [5.74, 6) is -0.355. The molecule has 0 bridgehead atoms. The van der Waals surface area contributed by atoms with Gasteiger partial charge in [-0.25, -0.2) is 9.78 Å². The number of ketones is 2. The van der Waals surface area contributed by atoms with Crippen molar-refractivity contribution < 1.29 is 28.6 Å². The predicted molar refractivity (Wildman–Crippen MR) is 160 cm³/mol. The number of aliphatic hydroxyl groups is 1. The van der Waals surface area contributed by atoms with Crippen molar-refractivity contribution in [3.05, 3.63) is 66.3 Å². The Morgan fingerprint density at radius 1 is 1.09 bits per heavy atom. The second-order valence-electron chi connectivity index (χ2n) is 13.2. The number of benzene rings is 1. The van der Waals surface area contributed by atoms with E-state index < -0.39 is 23.1 Å². The van der Waals surface area contributed by atoms with E-state index in [1.54, 1.807) is 18.3 Å². The number of thioether (sulfide) groups is 1. The van der Waals surface area contributed by atoms with Crippen molar-refractivity contribution in [2.45, 2.75) is 75.5 Å². The number of furan rings is 1. The first kappa shape index (κ1) is 28.5. The fourth-order valence-electron chi connectivity index (χ4n) is 9.23. The van der Waals surface area contributed by atoms with Crippen LogP contribution in [-0.4, -0.2) is 50.1 Å². The summed E-state index contributed by atoms with van der Waals surface area (Å²) >= 11 is 1.29. The average molecular weight is 601 g/mol. The van der Waals surface area contributed by atoms with E-state index in [0.717, 1.165) is 42.3 Å². The topological polar surface area (TPSA) is 120 Å². The number of fused-ring (bicyclic) bond motifs is 6. The van der Waals surface area contributed by atoms with Gasteiger partial charge in [0.05, 0.1) is 35.4 Å². The number of para-hydroxylation sites is 2. The average Bonchev–Trinajstić information content (AvgIpc) is 3.63. The minimum absolute atomic E-state index is 0.00685. The van der Waals surface area contributed by atoms with E-state index in [1.165, 1.54) is 18.0 Å². The lowest BCUT2D eigenvalue weighted by atomic mass is 9.45. The van der Waals surface area contributed by atoms with Gasteiger partial charge in [-0.15, -0.1) is 0 Å². The number of hydrogen-bond donors (Lipinski definition) is 1. The van der Waals surface area contributed by atoms with Crippen molar-refractivity contribution in [1.82, 2.24) is 9.97 Å². The summed E-state index contributed by atoms with van der Waals surface area (Å²) in [5.41, 5.74) is 0.236. The first-order valence-corrected chi connectivity index (χ1v) is 16.2. The number of rotatable bonds is 6. The number of allylic oxidation sites excluding steroid dienone is 1. The molecule has 9 heteroatoms. The van der Waals surface area contributed by atoms with E-state index in [0.29, 0.717) is 24.3 Å². The number of hydrogen-bond acceptors (Lipinski definition) is 9. The lowest BCUT2D eigenvalue weighted by Gasteiger charge is -2.60. The van der Waals surface area contributed by atoms with Crippen LogP contribution in [0.5, 0.6) is 0 Å². The number of esters is 1. The summed E-state index contributed by atoms with van der Waals surface area (Å²) in [6, 6.07) is 10.7. The largest absolute Gasteiger partial charge is 0.457 e. The third-order valence-electron chi connectivity index (χ3n) is 11.2. The Bertz CT molecular complexity index is 1640. The van der Waals surface area contributed by atoms with Crippen molar-refractivity contribution >= 4 is 40.3 Å². The van der Waals surface area contributed by atoms with Crippen LogP contribution in [0.3, 0.4) is 0 Å². The molecule has 0 radical (unpaired) electrons. The van der Waals surface area contributed by atoms with Gasteiger partial charge in [-0.1, -0.05) is 43.3 Å². The molecular weight excluding hydrogens is 564 g/mol. The molecule has 8 nitrogen and oxygen atoms in total. The van der Waals surface area contributed by atoms with Crippen LogP contribution in [0.4, 0.5) is 0 Å². The lowest BCUT2D eigenvalue weighted by molar-refractivity contribution is -0.180. The summed E-state index contributed by atoms with van der Waals surface area (Å²) in [6.07, 6.45) is 8.53. The molecule has 0 spiro atoms. The molecule has 2 aromatic heterocycles. The van der Waals surface area contributed by atoms with Gasteiger partial charge in [0.25, 0.3) is 0 Å². The van der Waals surface area contributed by atoms with E-state index in [-0.39, 0.29) is 46.2 Å². The van der Waals surface area contributed by atoms with Crippen LogP contribution in [-0.2, 0) is 14.3 Å². The second-order valence-corrected chi connectivity index (χ2v) is 14.2. The zero-order valence-electron chi connectivity index (χ0n) is 24.5. The van der Waals surface area contributed by atoms with Gasteiger partial charge in [-0.2, -0.15) is 0 Å². The van der Waals surface area contributed by atoms with Crippen LogP contribution in [0.1, 0.15) is 69.3 Å². The lowest BCUT2D eigenvalue weighted by Crippen LogP contribution is -2.63. The smallest absolute Gasteiger partial charge is 0.375 e. The Labute approximate surface area is 254 Å².